The highest BCUT2D eigenvalue weighted by molar-refractivity contribution is 5.92. The molecule has 2 unspecified atom stereocenters. The van der Waals surface area contributed by atoms with E-state index in [0.29, 0.717) is 12.1 Å². The minimum absolute atomic E-state index is 0.499. The first kappa shape index (κ1) is 25.2. The number of hydrogen-bond donors (Lipinski definition) is 0. The summed E-state index contributed by atoms with van der Waals surface area (Å²) in [4.78, 5) is 64.8. The number of nitrogens with zero attached hydrogens (tertiary/aromatic N) is 4. The third kappa shape index (κ3) is 6.02. The van der Waals surface area contributed by atoms with Crippen LogP contribution in [0, 0.1) is 40.5 Å². The van der Waals surface area contributed by atoms with Gasteiger partial charge in [-0.15, -0.1) is 0 Å². The molecule has 0 saturated heterocycles. The fourth-order valence-corrected chi connectivity index (χ4v) is 2.51. The van der Waals surface area contributed by atoms with Crippen molar-refractivity contribution in [2.45, 2.75) is 26.1 Å². The third-order valence-corrected chi connectivity index (χ3v) is 4.37. The summed E-state index contributed by atoms with van der Waals surface area (Å²) in [5, 5.41) is 43.8. The lowest BCUT2D eigenvalue weighted by Crippen LogP contribution is -2.30. The Labute approximate surface area is 188 Å². The second-order valence-corrected chi connectivity index (χ2v) is 6.73. The van der Waals surface area contributed by atoms with Gasteiger partial charge in [0.25, 0.3) is 22.7 Å². The topological polar surface area (TPSA) is 225 Å². The van der Waals surface area contributed by atoms with Crippen molar-refractivity contribution >= 4 is 34.7 Å². The highest BCUT2D eigenvalue weighted by Gasteiger charge is 2.27. The van der Waals surface area contributed by atoms with Crippen molar-refractivity contribution in [3.63, 3.8) is 0 Å². The van der Waals surface area contributed by atoms with Gasteiger partial charge in [0.05, 0.1) is 43.0 Å². The molecule has 0 aliphatic rings. The van der Waals surface area contributed by atoms with E-state index >= 15 is 0 Å². The average Bonchev–Trinajstić information content (AvgIpc) is 2.77. The molecule has 0 amide bonds. The lowest BCUT2D eigenvalue weighted by atomic mass is 10.1. The van der Waals surface area contributed by atoms with Crippen LogP contribution >= 0.6 is 0 Å². The molecule has 0 bridgehead atoms. The molecule has 0 fully saturated rings. The largest absolute Gasteiger partial charge is 0.455 e. The van der Waals surface area contributed by atoms with Crippen LogP contribution in [0.5, 0.6) is 0 Å². The van der Waals surface area contributed by atoms with E-state index in [2.05, 4.69) is 0 Å². The van der Waals surface area contributed by atoms with Gasteiger partial charge in [0, 0.05) is 24.3 Å². The second kappa shape index (κ2) is 10.1. The molecule has 2 aromatic rings. The van der Waals surface area contributed by atoms with Gasteiger partial charge in [-0.2, -0.15) is 0 Å². The molecule has 34 heavy (non-hydrogen) atoms. The number of nitro benzene ring substituents is 4. The normalized spacial score (nSPS) is 12.2. The van der Waals surface area contributed by atoms with Crippen molar-refractivity contribution in [2.24, 2.45) is 0 Å². The van der Waals surface area contributed by atoms with Crippen LogP contribution in [0.2, 0.25) is 0 Å². The van der Waals surface area contributed by atoms with Crippen molar-refractivity contribution in [1.29, 1.82) is 0 Å². The molecule has 16 heteroatoms. The first-order valence-corrected chi connectivity index (χ1v) is 9.10. The molecule has 0 N–H and O–H groups in total. The van der Waals surface area contributed by atoms with Gasteiger partial charge in [-0.05, 0) is 13.8 Å². The molecule has 0 aliphatic carbocycles. The summed E-state index contributed by atoms with van der Waals surface area (Å²) in [6.07, 6.45) is -2.38. The predicted molar refractivity (Wildman–Crippen MR) is 109 cm³/mol. The van der Waals surface area contributed by atoms with Gasteiger partial charge in [0.1, 0.15) is 12.2 Å². The second-order valence-electron chi connectivity index (χ2n) is 6.73. The molecule has 0 saturated carbocycles. The van der Waals surface area contributed by atoms with Crippen molar-refractivity contribution in [2.75, 3.05) is 0 Å². The highest BCUT2D eigenvalue weighted by atomic mass is 16.6. The zero-order chi connectivity index (χ0) is 25.7. The SMILES string of the molecule is CC(OC(=O)c1cc([N+](=O)[O-])cc([N+](=O)[O-])c1)C(C)OC(=O)c1cc([N+](=O)[O-])cc([N+](=O)[O-])c1. The molecule has 0 aromatic heterocycles. The Balaban J connectivity index is 2.19. The molecule has 2 atom stereocenters. The van der Waals surface area contributed by atoms with E-state index in [1.54, 1.807) is 0 Å². The van der Waals surface area contributed by atoms with Crippen LogP contribution in [-0.4, -0.2) is 43.8 Å². The van der Waals surface area contributed by atoms with Gasteiger partial charge in [-0.3, -0.25) is 40.5 Å². The Morgan fingerprint density at radius 3 is 1.03 bits per heavy atom. The van der Waals surface area contributed by atoms with Crippen LogP contribution < -0.4 is 0 Å². The molecule has 0 aliphatic heterocycles. The number of benzene rings is 2. The Morgan fingerprint density at radius 2 is 0.824 bits per heavy atom. The lowest BCUT2D eigenvalue weighted by Gasteiger charge is -2.20. The van der Waals surface area contributed by atoms with E-state index in [-0.39, 0.29) is 0 Å². The monoisotopic (exact) mass is 478 g/mol. The van der Waals surface area contributed by atoms with Gasteiger partial charge in [0.2, 0.25) is 0 Å². The molecule has 0 spiro atoms. The summed E-state index contributed by atoms with van der Waals surface area (Å²) >= 11 is 0. The Bertz CT molecular complexity index is 1050. The maximum Gasteiger partial charge on any atom is 0.339 e. The minimum Gasteiger partial charge on any atom is -0.455 e. The first-order chi connectivity index (χ1) is 15.8. The third-order valence-electron chi connectivity index (χ3n) is 4.37. The summed E-state index contributed by atoms with van der Waals surface area (Å²) in [5.74, 6) is -2.37. The maximum atomic E-state index is 12.3. The smallest absolute Gasteiger partial charge is 0.339 e. The highest BCUT2D eigenvalue weighted by Crippen LogP contribution is 2.25. The number of non-ortho nitro benzene ring substituents is 4. The van der Waals surface area contributed by atoms with Gasteiger partial charge in [0.15, 0.2) is 0 Å². The molecule has 0 heterocycles. The van der Waals surface area contributed by atoms with Crippen LogP contribution in [-0.2, 0) is 9.47 Å². The zero-order valence-electron chi connectivity index (χ0n) is 17.3. The number of carbonyl (C=O) groups excluding carboxylic acids is 2. The number of rotatable bonds is 9. The van der Waals surface area contributed by atoms with E-state index in [9.17, 15) is 50.0 Å². The number of carbonyl (C=O) groups is 2. The minimum atomic E-state index is -1.19. The summed E-state index contributed by atoms with van der Waals surface area (Å²) in [6, 6.07) is 4.37. The van der Waals surface area contributed by atoms with E-state index in [1.807, 2.05) is 0 Å². The molecule has 0 radical (unpaired) electrons. The maximum absolute atomic E-state index is 12.3. The molecule has 2 rings (SSSR count). The molecule has 2 aromatic carbocycles. The number of ether oxygens (including phenoxy) is 2. The van der Waals surface area contributed by atoms with Gasteiger partial charge < -0.3 is 9.47 Å². The number of esters is 2. The standard InChI is InChI=1S/C18H14N4O12/c1-9(33-17(23)11-3-13(19(25)26)7-14(4-11)20(27)28)10(2)34-18(24)12-5-15(21(29)30)8-16(6-12)22(31)32/h3-10H,1-2H3. The fraction of sp³-hybridized carbons (Fsp3) is 0.222. The van der Waals surface area contributed by atoms with Gasteiger partial charge in [-0.25, -0.2) is 9.59 Å². The van der Waals surface area contributed by atoms with Crippen molar-refractivity contribution in [3.8, 4) is 0 Å². The Kier molecular flexibility index (Phi) is 7.47. The molecule has 16 nitrogen and oxygen atoms in total. The molecular formula is C18H14N4O12. The molecular weight excluding hydrogens is 464 g/mol. The van der Waals surface area contributed by atoms with Crippen LogP contribution in [0.1, 0.15) is 34.6 Å². The van der Waals surface area contributed by atoms with Crippen molar-refractivity contribution in [1.82, 2.24) is 0 Å². The van der Waals surface area contributed by atoms with Crippen molar-refractivity contribution in [3.05, 3.63) is 88.0 Å². The lowest BCUT2D eigenvalue weighted by molar-refractivity contribution is -0.394. The quantitative estimate of drug-likeness (QED) is 0.288. The summed E-state index contributed by atoms with van der Waals surface area (Å²) in [6.45, 7) is 2.55. The first-order valence-electron chi connectivity index (χ1n) is 9.10. The van der Waals surface area contributed by atoms with E-state index in [4.69, 9.17) is 9.47 Å². The number of hydrogen-bond acceptors (Lipinski definition) is 12. The van der Waals surface area contributed by atoms with E-state index in [1.165, 1.54) is 13.8 Å². The summed E-state index contributed by atoms with van der Waals surface area (Å²) < 4.78 is 10.1. The van der Waals surface area contributed by atoms with E-state index < -0.39 is 77.7 Å². The Hall–Kier alpha value is -5.02. The Morgan fingerprint density at radius 1 is 0.588 bits per heavy atom. The number of nitro groups is 4. The van der Waals surface area contributed by atoms with Crippen molar-refractivity contribution < 1.29 is 38.8 Å². The van der Waals surface area contributed by atoms with Crippen LogP contribution in [0.15, 0.2) is 36.4 Å². The van der Waals surface area contributed by atoms with Crippen LogP contribution in [0.25, 0.3) is 0 Å². The average molecular weight is 478 g/mol. The predicted octanol–water partition coefficient (Wildman–Crippen LogP) is 3.11. The summed E-state index contributed by atoms with van der Waals surface area (Å²) in [7, 11) is 0. The molecule has 178 valence electrons. The van der Waals surface area contributed by atoms with Gasteiger partial charge in [-0.1, -0.05) is 0 Å². The zero-order valence-corrected chi connectivity index (χ0v) is 17.3. The van der Waals surface area contributed by atoms with Crippen LogP contribution in [0.3, 0.4) is 0 Å². The van der Waals surface area contributed by atoms with Gasteiger partial charge >= 0.3 is 11.9 Å². The van der Waals surface area contributed by atoms with E-state index in [0.717, 1.165) is 24.3 Å². The summed E-state index contributed by atoms with van der Waals surface area (Å²) in [5.41, 5.74) is -3.89. The van der Waals surface area contributed by atoms with Crippen LogP contribution in [0.4, 0.5) is 22.7 Å². The fourth-order valence-electron chi connectivity index (χ4n) is 2.51.